The van der Waals surface area contributed by atoms with Crippen LogP contribution in [0.15, 0.2) is 36.9 Å². The second kappa shape index (κ2) is 5.55. The van der Waals surface area contributed by atoms with E-state index in [-0.39, 0.29) is 0 Å². The Bertz CT molecular complexity index is 891. The molecule has 0 atom stereocenters. The first-order valence-corrected chi connectivity index (χ1v) is 7.81. The zero-order valence-electron chi connectivity index (χ0n) is 13.3. The highest BCUT2D eigenvalue weighted by Gasteiger charge is 2.22. The summed E-state index contributed by atoms with van der Waals surface area (Å²) in [5.74, 6) is 0. The maximum absolute atomic E-state index is 11.0. The van der Waals surface area contributed by atoms with Gasteiger partial charge in [0.25, 0.3) is 0 Å². The van der Waals surface area contributed by atoms with E-state index in [1.54, 1.807) is 4.68 Å². The molecule has 1 saturated heterocycles. The summed E-state index contributed by atoms with van der Waals surface area (Å²) in [6.07, 6.45) is 6.78. The number of aromatic nitrogens is 4. The van der Waals surface area contributed by atoms with Gasteiger partial charge in [0.1, 0.15) is 0 Å². The molecule has 4 heterocycles. The van der Waals surface area contributed by atoms with Gasteiger partial charge in [0.15, 0.2) is 0 Å². The molecule has 0 saturated carbocycles. The molecular formula is C16H18N6O2. The van der Waals surface area contributed by atoms with Crippen molar-refractivity contribution in [3.63, 3.8) is 0 Å². The molecule has 1 aliphatic rings. The number of fused-ring (bicyclic) bond motifs is 1. The third-order valence-corrected chi connectivity index (χ3v) is 4.42. The third-order valence-electron chi connectivity index (χ3n) is 4.42. The minimum Gasteiger partial charge on any atom is -0.465 e. The van der Waals surface area contributed by atoms with Crippen LogP contribution >= 0.6 is 0 Å². The van der Waals surface area contributed by atoms with Crippen LogP contribution in [0.1, 0.15) is 0 Å². The van der Waals surface area contributed by atoms with Crippen LogP contribution in [-0.2, 0) is 7.05 Å². The Hall–Kier alpha value is -3.03. The zero-order valence-corrected chi connectivity index (χ0v) is 13.3. The molecule has 0 radical (unpaired) electrons. The number of nitrogens with zero attached hydrogens (tertiary/aromatic N) is 6. The van der Waals surface area contributed by atoms with Crippen LogP contribution in [0.5, 0.6) is 0 Å². The Morgan fingerprint density at radius 1 is 1.04 bits per heavy atom. The molecule has 8 heteroatoms. The van der Waals surface area contributed by atoms with E-state index in [9.17, 15) is 4.79 Å². The first-order valence-electron chi connectivity index (χ1n) is 7.81. The number of rotatable bonds is 2. The van der Waals surface area contributed by atoms with Gasteiger partial charge in [-0.2, -0.15) is 10.2 Å². The van der Waals surface area contributed by atoms with E-state index in [0.29, 0.717) is 26.2 Å². The summed E-state index contributed by atoms with van der Waals surface area (Å²) in [6.45, 7) is 2.39. The zero-order chi connectivity index (χ0) is 16.7. The lowest BCUT2D eigenvalue weighted by molar-refractivity contribution is 0.142. The lowest BCUT2D eigenvalue weighted by atomic mass is 10.1. The third kappa shape index (κ3) is 2.45. The predicted octanol–water partition coefficient (Wildman–Crippen LogP) is 1.53. The highest BCUT2D eigenvalue weighted by atomic mass is 16.4. The van der Waals surface area contributed by atoms with Crippen LogP contribution in [-0.4, -0.2) is 61.7 Å². The van der Waals surface area contributed by atoms with Gasteiger partial charge in [-0.05, 0) is 6.07 Å². The summed E-state index contributed by atoms with van der Waals surface area (Å²) in [4.78, 5) is 14.7. The lowest BCUT2D eigenvalue weighted by Gasteiger charge is -2.33. The molecule has 0 aliphatic carbocycles. The summed E-state index contributed by atoms with van der Waals surface area (Å²) < 4.78 is 3.64. The summed E-state index contributed by atoms with van der Waals surface area (Å²) in [5, 5.41) is 17.7. The van der Waals surface area contributed by atoms with Gasteiger partial charge in [-0.1, -0.05) is 6.07 Å². The number of carboxylic acid groups (broad SMARTS) is 1. The Morgan fingerprint density at radius 2 is 1.83 bits per heavy atom. The van der Waals surface area contributed by atoms with E-state index < -0.39 is 6.09 Å². The minimum absolute atomic E-state index is 0.514. The summed E-state index contributed by atoms with van der Waals surface area (Å²) in [6, 6.07) is 4.11. The number of amides is 1. The molecule has 8 nitrogen and oxygen atoms in total. The fourth-order valence-corrected chi connectivity index (χ4v) is 3.09. The van der Waals surface area contributed by atoms with Crippen LogP contribution < -0.4 is 4.90 Å². The topological polar surface area (TPSA) is 78.9 Å². The molecule has 4 rings (SSSR count). The molecule has 3 aromatic heterocycles. The molecule has 124 valence electrons. The second-order valence-corrected chi connectivity index (χ2v) is 5.94. The van der Waals surface area contributed by atoms with E-state index in [4.69, 9.17) is 5.11 Å². The van der Waals surface area contributed by atoms with Gasteiger partial charge in [0.05, 0.1) is 23.6 Å². The fraction of sp³-hybridized carbons (Fsp3) is 0.312. The Balaban J connectivity index is 1.61. The van der Waals surface area contributed by atoms with Crippen LogP contribution in [0.2, 0.25) is 0 Å². The monoisotopic (exact) mass is 326 g/mol. The second-order valence-electron chi connectivity index (χ2n) is 5.94. The maximum atomic E-state index is 11.0. The first-order chi connectivity index (χ1) is 11.6. The molecule has 24 heavy (non-hydrogen) atoms. The van der Waals surface area contributed by atoms with Gasteiger partial charge in [0, 0.05) is 56.7 Å². The highest BCUT2D eigenvalue weighted by Crippen LogP contribution is 2.26. The van der Waals surface area contributed by atoms with E-state index in [1.165, 1.54) is 4.90 Å². The van der Waals surface area contributed by atoms with Gasteiger partial charge >= 0.3 is 6.09 Å². The molecule has 3 aromatic rings. The largest absolute Gasteiger partial charge is 0.465 e. The number of aryl methyl sites for hydroxylation is 1. The van der Waals surface area contributed by atoms with E-state index in [1.807, 2.05) is 42.4 Å². The van der Waals surface area contributed by atoms with Crippen molar-refractivity contribution in [2.24, 2.45) is 7.05 Å². The average Bonchev–Trinajstić information content (AvgIpc) is 3.20. The van der Waals surface area contributed by atoms with E-state index >= 15 is 0 Å². The van der Waals surface area contributed by atoms with Crippen molar-refractivity contribution >= 4 is 17.3 Å². The summed E-state index contributed by atoms with van der Waals surface area (Å²) in [5.41, 5.74) is 4.16. The standard InChI is InChI=1S/C16H18N6O2/c1-19-10-13(8-17-19)12-2-3-14-15(9-18-22(14)11-12)20-4-6-21(7-5-20)16(23)24/h2-3,8-11H,4-7H2,1H3,(H,23,24). The van der Waals surface area contributed by atoms with Gasteiger partial charge in [-0.25, -0.2) is 9.31 Å². The van der Waals surface area contributed by atoms with Gasteiger partial charge < -0.3 is 14.9 Å². The van der Waals surface area contributed by atoms with E-state index in [0.717, 1.165) is 22.3 Å². The van der Waals surface area contributed by atoms with Crippen LogP contribution in [0.25, 0.3) is 16.6 Å². The molecule has 0 unspecified atom stereocenters. The van der Waals surface area contributed by atoms with Crippen molar-refractivity contribution in [1.29, 1.82) is 0 Å². The van der Waals surface area contributed by atoms with Crippen molar-refractivity contribution in [2.45, 2.75) is 0 Å². The smallest absolute Gasteiger partial charge is 0.407 e. The Kier molecular flexibility index (Phi) is 3.37. The number of carbonyl (C=O) groups is 1. The number of anilines is 1. The minimum atomic E-state index is -0.851. The number of hydrogen-bond donors (Lipinski definition) is 1. The SMILES string of the molecule is Cn1cc(-c2ccc3c(N4CCN(C(=O)O)CC4)cnn3c2)cn1. The normalized spacial score (nSPS) is 15.2. The maximum Gasteiger partial charge on any atom is 0.407 e. The molecular weight excluding hydrogens is 308 g/mol. The van der Waals surface area contributed by atoms with Crippen molar-refractivity contribution in [1.82, 2.24) is 24.3 Å². The quantitative estimate of drug-likeness (QED) is 0.773. The Morgan fingerprint density at radius 3 is 2.50 bits per heavy atom. The average molecular weight is 326 g/mol. The highest BCUT2D eigenvalue weighted by molar-refractivity contribution is 5.75. The van der Waals surface area contributed by atoms with Crippen molar-refractivity contribution in [3.05, 3.63) is 36.9 Å². The fourth-order valence-electron chi connectivity index (χ4n) is 3.09. The van der Waals surface area contributed by atoms with Crippen molar-refractivity contribution in [3.8, 4) is 11.1 Å². The van der Waals surface area contributed by atoms with Crippen molar-refractivity contribution < 1.29 is 9.90 Å². The molecule has 1 N–H and O–H groups in total. The number of hydrogen-bond acceptors (Lipinski definition) is 4. The molecule has 1 fully saturated rings. The summed E-state index contributed by atoms with van der Waals surface area (Å²) in [7, 11) is 1.89. The molecule has 0 bridgehead atoms. The number of pyridine rings is 1. The van der Waals surface area contributed by atoms with E-state index in [2.05, 4.69) is 21.2 Å². The summed E-state index contributed by atoms with van der Waals surface area (Å²) >= 11 is 0. The van der Waals surface area contributed by atoms with Crippen LogP contribution in [0, 0.1) is 0 Å². The predicted molar refractivity (Wildman–Crippen MR) is 89.2 cm³/mol. The first kappa shape index (κ1) is 14.6. The van der Waals surface area contributed by atoms with Gasteiger partial charge in [-0.15, -0.1) is 0 Å². The lowest BCUT2D eigenvalue weighted by Crippen LogP contribution is -2.48. The van der Waals surface area contributed by atoms with Gasteiger partial charge in [-0.3, -0.25) is 4.68 Å². The van der Waals surface area contributed by atoms with Gasteiger partial charge in [0.2, 0.25) is 0 Å². The molecule has 1 aliphatic heterocycles. The Labute approximate surface area is 138 Å². The van der Waals surface area contributed by atoms with Crippen LogP contribution in [0.3, 0.4) is 0 Å². The molecule has 0 aromatic carbocycles. The van der Waals surface area contributed by atoms with Crippen LogP contribution in [0.4, 0.5) is 10.5 Å². The molecule has 0 spiro atoms. The number of piperazine rings is 1. The molecule has 1 amide bonds. The van der Waals surface area contributed by atoms with Crippen molar-refractivity contribution in [2.75, 3.05) is 31.1 Å².